The zero-order valence-electron chi connectivity index (χ0n) is 17.0. The highest BCUT2D eigenvalue weighted by atomic mass is 19.1. The van der Waals surface area contributed by atoms with Crippen molar-refractivity contribution >= 4 is 12.0 Å². The summed E-state index contributed by atoms with van der Waals surface area (Å²) in [4.78, 5) is 27.4. The van der Waals surface area contributed by atoms with Crippen LogP contribution in [-0.4, -0.2) is 35.7 Å². The Labute approximate surface area is 176 Å². The minimum Gasteiger partial charge on any atom is -0.447 e. The van der Waals surface area contributed by atoms with Crippen molar-refractivity contribution in [1.29, 1.82) is 0 Å². The summed E-state index contributed by atoms with van der Waals surface area (Å²) in [5, 5.41) is 0. The third-order valence-electron chi connectivity index (χ3n) is 6.27. The van der Waals surface area contributed by atoms with Gasteiger partial charge in [0.25, 0.3) is 0 Å². The van der Waals surface area contributed by atoms with Crippen LogP contribution in [0, 0.1) is 11.8 Å². The second-order valence-electron chi connectivity index (χ2n) is 8.33. The Balaban J connectivity index is 1.66. The Morgan fingerprint density at radius 2 is 1.77 bits per heavy atom. The molecule has 1 unspecified atom stereocenters. The van der Waals surface area contributed by atoms with E-state index in [2.05, 4.69) is 6.58 Å². The van der Waals surface area contributed by atoms with Gasteiger partial charge in [-0.05, 0) is 35.5 Å². The van der Waals surface area contributed by atoms with Crippen molar-refractivity contribution in [2.75, 3.05) is 6.61 Å². The standard InChI is InChI=1S/C25H26FNO3/c1-16-13-17(2)23(26)22(19-11-7-4-8-12-19)21(16)24(28)27-20(15-30-25(27)29)14-18-9-5-3-6-10-18/h3-12,16,20-23H,2,13-15H2,1H3/t16-,20-,21?,22+,23+/m1/s1. The lowest BCUT2D eigenvalue weighted by molar-refractivity contribution is -0.137. The van der Waals surface area contributed by atoms with Gasteiger partial charge in [0.2, 0.25) is 5.91 Å². The maximum atomic E-state index is 15.4. The molecule has 0 spiro atoms. The molecule has 1 aliphatic carbocycles. The molecule has 30 heavy (non-hydrogen) atoms. The SMILES string of the molecule is C=C1C[C@@H](C)C(C(=O)N2C(=O)OC[C@H]2Cc2ccccc2)[C@H](c2ccccc2)[C@H]1F. The van der Waals surface area contributed by atoms with Crippen LogP contribution >= 0.6 is 0 Å². The lowest BCUT2D eigenvalue weighted by atomic mass is 9.67. The van der Waals surface area contributed by atoms with Gasteiger partial charge in [-0.15, -0.1) is 0 Å². The van der Waals surface area contributed by atoms with Crippen LogP contribution in [0.25, 0.3) is 0 Å². The Bertz CT molecular complexity index is 930. The van der Waals surface area contributed by atoms with Crippen LogP contribution in [0.5, 0.6) is 0 Å². The highest BCUT2D eigenvalue weighted by Crippen LogP contribution is 2.46. The fourth-order valence-electron chi connectivity index (χ4n) is 4.82. The van der Waals surface area contributed by atoms with E-state index in [1.54, 1.807) is 0 Å². The number of carbonyl (C=O) groups is 2. The van der Waals surface area contributed by atoms with Crippen LogP contribution < -0.4 is 0 Å². The normalized spacial score (nSPS) is 29.0. The molecule has 1 aliphatic heterocycles. The maximum Gasteiger partial charge on any atom is 0.416 e. The highest BCUT2D eigenvalue weighted by molar-refractivity contribution is 5.95. The number of ether oxygens (including phenoxy) is 1. The molecule has 0 aromatic heterocycles. The number of hydrogen-bond donors (Lipinski definition) is 0. The fourth-order valence-corrected chi connectivity index (χ4v) is 4.82. The summed E-state index contributed by atoms with van der Waals surface area (Å²) < 4.78 is 20.6. The van der Waals surface area contributed by atoms with E-state index in [1.165, 1.54) is 4.90 Å². The molecule has 0 N–H and O–H groups in total. The Hall–Kier alpha value is -2.95. The van der Waals surface area contributed by atoms with Crippen LogP contribution in [0.3, 0.4) is 0 Å². The first-order valence-corrected chi connectivity index (χ1v) is 10.4. The summed E-state index contributed by atoms with van der Waals surface area (Å²) in [6.07, 6.45) is -1.03. The van der Waals surface area contributed by atoms with E-state index < -0.39 is 24.1 Å². The fraction of sp³-hybridized carbons (Fsp3) is 0.360. The lowest BCUT2D eigenvalue weighted by Crippen LogP contribution is -2.49. The van der Waals surface area contributed by atoms with Crippen LogP contribution in [0.15, 0.2) is 72.8 Å². The number of halogens is 1. The van der Waals surface area contributed by atoms with Gasteiger partial charge < -0.3 is 4.74 Å². The minimum atomic E-state index is -1.33. The third-order valence-corrected chi connectivity index (χ3v) is 6.27. The maximum absolute atomic E-state index is 15.4. The molecule has 4 nitrogen and oxygen atoms in total. The number of hydrogen-bond acceptors (Lipinski definition) is 3. The van der Waals surface area contributed by atoms with E-state index in [9.17, 15) is 9.59 Å². The first-order valence-electron chi connectivity index (χ1n) is 10.4. The predicted molar refractivity (Wildman–Crippen MR) is 113 cm³/mol. The molecule has 2 aromatic carbocycles. The van der Waals surface area contributed by atoms with Gasteiger partial charge in [-0.25, -0.2) is 14.1 Å². The van der Waals surface area contributed by atoms with Crippen molar-refractivity contribution in [2.24, 2.45) is 11.8 Å². The Morgan fingerprint density at radius 3 is 2.43 bits per heavy atom. The number of alkyl halides is 1. The molecule has 5 atom stereocenters. The lowest BCUT2D eigenvalue weighted by Gasteiger charge is -2.41. The number of amides is 2. The quantitative estimate of drug-likeness (QED) is 0.677. The predicted octanol–water partition coefficient (Wildman–Crippen LogP) is 4.91. The number of imide groups is 1. The largest absolute Gasteiger partial charge is 0.447 e. The molecule has 1 saturated carbocycles. The molecule has 0 radical (unpaired) electrons. The van der Waals surface area contributed by atoms with E-state index in [1.807, 2.05) is 67.6 Å². The summed E-state index contributed by atoms with van der Waals surface area (Å²) in [5.74, 6) is -1.81. The molecule has 1 heterocycles. The molecule has 2 aliphatic rings. The number of allylic oxidation sites excluding steroid dienone is 1. The van der Waals surface area contributed by atoms with E-state index in [-0.39, 0.29) is 24.5 Å². The molecule has 2 amide bonds. The zero-order chi connectivity index (χ0) is 21.3. The van der Waals surface area contributed by atoms with Crippen molar-refractivity contribution in [1.82, 2.24) is 4.90 Å². The third kappa shape index (κ3) is 3.76. The molecule has 1 saturated heterocycles. The minimum absolute atomic E-state index is 0.131. The average Bonchev–Trinajstić information content (AvgIpc) is 3.11. The molecule has 156 valence electrons. The Kier molecular flexibility index (Phi) is 5.71. The second-order valence-corrected chi connectivity index (χ2v) is 8.33. The van der Waals surface area contributed by atoms with Gasteiger partial charge in [0, 0.05) is 5.92 Å². The van der Waals surface area contributed by atoms with Gasteiger partial charge in [0.1, 0.15) is 12.8 Å². The number of nitrogens with zero attached hydrogens (tertiary/aromatic N) is 1. The molecule has 4 rings (SSSR count). The van der Waals surface area contributed by atoms with Crippen molar-refractivity contribution in [3.63, 3.8) is 0 Å². The molecular formula is C25H26FNO3. The molecule has 5 heteroatoms. The van der Waals surface area contributed by atoms with Gasteiger partial charge >= 0.3 is 6.09 Å². The monoisotopic (exact) mass is 407 g/mol. The van der Waals surface area contributed by atoms with E-state index in [4.69, 9.17) is 4.74 Å². The summed E-state index contributed by atoms with van der Waals surface area (Å²) in [6, 6.07) is 18.5. The highest BCUT2D eigenvalue weighted by Gasteiger charge is 2.49. The average molecular weight is 407 g/mol. The van der Waals surface area contributed by atoms with Crippen molar-refractivity contribution in [3.05, 3.63) is 83.9 Å². The number of benzene rings is 2. The first-order chi connectivity index (χ1) is 14.5. The van der Waals surface area contributed by atoms with Crippen LogP contribution in [0.1, 0.15) is 30.4 Å². The molecular weight excluding hydrogens is 381 g/mol. The second kappa shape index (κ2) is 8.42. The number of carbonyl (C=O) groups excluding carboxylic acids is 2. The van der Waals surface area contributed by atoms with Crippen molar-refractivity contribution in [3.8, 4) is 0 Å². The van der Waals surface area contributed by atoms with Crippen LogP contribution in [0.4, 0.5) is 9.18 Å². The van der Waals surface area contributed by atoms with Gasteiger partial charge in [-0.1, -0.05) is 74.2 Å². The molecule has 2 fully saturated rings. The molecule has 2 aromatic rings. The van der Waals surface area contributed by atoms with Gasteiger partial charge in [-0.3, -0.25) is 4.79 Å². The summed E-state index contributed by atoms with van der Waals surface area (Å²) >= 11 is 0. The van der Waals surface area contributed by atoms with Gasteiger partial charge in [-0.2, -0.15) is 0 Å². The number of cyclic esters (lactones) is 1. The smallest absolute Gasteiger partial charge is 0.416 e. The molecule has 0 bridgehead atoms. The van der Waals surface area contributed by atoms with Crippen molar-refractivity contribution < 1.29 is 18.7 Å². The van der Waals surface area contributed by atoms with Gasteiger partial charge in [0.15, 0.2) is 0 Å². The van der Waals surface area contributed by atoms with Crippen LogP contribution in [-0.2, 0) is 16.0 Å². The van der Waals surface area contributed by atoms with E-state index >= 15 is 4.39 Å². The van der Waals surface area contributed by atoms with Crippen molar-refractivity contribution in [2.45, 2.75) is 37.9 Å². The summed E-state index contributed by atoms with van der Waals surface area (Å²) in [6.45, 7) is 6.00. The van der Waals surface area contributed by atoms with Crippen LogP contribution in [0.2, 0.25) is 0 Å². The topological polar surface area (TPSA) is 46.6 Å². The van der Waals surface area contributed by atoms with E-state index in [0.29, 0.717) is 18.4 Å². The van der Waals surface area contributed by atoms with E-state index in [0.717, 1.165) is 11.1 Å². The zero-order valence-corrected chi connectivity index (χ0v) is 17.0. The summed E-state index contributed by atoms with van der Waals surface area (Å²) in [7, 11) is 0. The number of rotatable bonds is 4. The summed E-state index contributed by atoms with van der Waals surface area (Å²) in [5.41, 5.74) is 2.28. The Morgan fingerprint density at radius 1 is 1.13 bits per heavy atom. The first kappa shape index (κ1) is 20.3. The van der Waals surface area contributed by atoms with Gasteiger partial charge in [0.05, 0.1) is 12.0 Å².